The van der Waals surface area contributed by atoms with Crippen LogP contribution in [0.25, 0.3) is 0 Å². The van der Waals surface area contributed by atoms with E-state index in [-0.39, 0.29) is 18.6 Å². The molecule has 3 rings (SSSR count). The van der Waals surface area contributed by atoms with E-state index in [0.717, 1.165) is 25.9 Å². The molecule has 6 heteroatoms. The van der Waals surface area contributed by atoms with Gasteiger partial charge >= 0.3 is 0 Å². The predicted molar refractivity (Wildman–Crippen MR) is 82.8 cm³/mol. The Balaban J connectivity index is 1.43. The molecule has 2 fully saturated rings. The lowest BCUT2D eigenvalue weighted by Crippen LogP contribution is -2.44. The van der Waals surface area contributed by atoms with Gasteiger partial charge in [-0.1, -0.05) is 12.1 Å². The highest BCUT2D eigenvalue weighted by molar-refractivity contribution is 5.23. The first-order chi connectivity index (χ1) is 11.2. The number of nitrogens with zero attached hydrogens (tertiary/aromatic N) is 1. The number of hydrogen-bond acceptors (Lipinski definition) is 5. The Kier molecular flexibility index (Phi) is 5.83. The van der Waals surface area contributed by atoms with Gasteiger partial charge in [0.15, 0.2) is 17.9 Å². The molecule has 0 spiro atoms. The van der Waals surface area contributed by atoms with E-state index in [1.54, 1.807) is 18.2 Å². The summed E-state index contributed by atoms with van der Waals surface area (Å²) in [7, 11) is 0. The summed E-state index contributed by atoms with van der Waals surface area (Å²) in [4.78, 5) is 2.20. The van der Waals surface area contributed by atoms with Crippen LogP contribution in [0.15, 0.2) is 24.3 Å². The van der Waals surface area contributed by atoms with Gasteiger partial charge in [-0.2, -0.15) is 0 Å². The fourth-order valence-corrected chi connectivity index (χ4v) is 3.23. The van der Waals surface area contributed by atoms with Gasteiger partial charge < -0.3 is 24.2 Å². The van der Waals surface area contributed by atoms with E-state index in [4.69, 9.17) is 14.2 Å². The van der Waals surface area contributed by atoms with Gasteiger partial charge in [0.1, 0.15) is 12.7 Å². The zero-order valence-corrected chi connectivity index (χ0v) is 13.2. The van der Waals surface area contributed by atoms with E-state index in [0.29, 0.717) is 25.7 Å². The molecular weight excluding hydrogens is 301 g/mol. The number of hydrogen-bond donors (Lipinski definition) is 1. The Morgan fingerprint density at radius 3 is 2.87 bits per heavy atom. The summed E-state index contributed by atoms with van der Waals surface area (Å²) in [5, 5.41) is 10.2. The van der Waals surface area contributed by atoms with E-state index < -0.39 is 11.9 Å². The summed E-state index contributed by atoms with van der Waals surface area (Å²) in [6.45, 7) is 3.72. The number of rotatable bonds is 6. The van der Waals surface area contributed by atoms with Crippen molar-refractivity contribution in [2.75, 3.05) is 39.5 Å². The minimum absolute atomic E-state index is 0.0819. The molecule has 0 aliphatic carbocycles. The van der Waals surface area contributed by atoms with E-state index in [2.05, 4.69) is 4.90 Å². The Bertz CT molecular complexity index is 495. The molecule has 23 heavy (non-hydrogen) atoms. The van der Waals surface area contributed by atoms with Crippen LogP contribution in [0.5, 0.6) is 5.75 Å². The predicted octanol–water partition coefficient (Wildman–Crippen LogP) is 1.65. The van der Waals surface area contributed by atoms with Gasteiger partial charge in [0, 0.05) is 19.0 Å². The van der Waals surface area contributed by atoms with Crippen molar-refractivity contribution in [2.24, 2.45) is 5.92 Å². The van der Waals surface area contributed by atoms with Crippen molar-refractivity contribution < 1.29 is 23.7 Å². The number of benzene rings is 1. The third-order valence-electron chi connectivity index (χ3n) is 4.31. The van der Waals surface area contributed by atoms with E-state index in [1.165, 1.54) is 6.07 Å². The van der Waals surface area contributed by atoms with Gasteiger partial charge in [0.05, 0.1) is 13.2 Å². The van der Waals surface area contributed by atoms with Crippen LogP contribution in [0.4, 0.5) is 4.39 Å². The standard InChI is InChI=1S/C17H24FNO4/c18-15-5-1-2-6-16(15)23-12-14(20)11-19-7-3-4-13(10-19)17-21-8-9-22-17/h1-2,5-6,13-14,17,20H,3-4,7-12H2. The largest absolute Gasteiger partial charge is 0.488 e. The molecule has 1 N–H and O–H groups in total. The molecule has 0 amide bonds. The topological polar surface area (TPSA) is 51.2 Å². The molecule has 2 atom stereocenters. The number of β-amino-alcohol motifs (C(OH)–C–C–N with tert-alkyl or cyclic N) is 1. The Morgan fingerprint density at radius 1 is 1.30 bits per heavy atom. The SMILES string of the molecule is OC(COc1ccccc1F)CN1CCCC(C2OCCO2)C1. The fraction of sp³-hybridized carbons (Fsp3) is 0.647. The lowest BCUT2D eigenvalue weighted by molar-refractivity contribution is -0.103. The molecule has 2 heterocycles. The molecule has 0 bridgehead atoms. The molecule has 1 aromatic carbocycles. The normalized spacial score (nSPS) is 24.7. The molecule has 2 aliphatic heterocycles. The highest BCUT2D eigenvalue weighted by Crippen LogP contribution is 2.25. The van der Waals surface area contributed by atoms with E-state index in [9.17, 15) is 9.50 Å². The van der Waals surface area contributed by atoms with Crippen LogP contribution < -0.4 is 4.74 Å². The van der Waals surface area contributed by atoms with Crippen molar-refractivity contribution in [3.63, 3.8) is 0 Å². The maximum absolute atomic E-state index is 13.5. The van der Waals surface area contributed by atoms with Gasteiger partial charge in [0.25, 0.3) is 0 Å². The van der Waals surface area contributed by atoms with Crippen LogP contribution in [-0.4, -0.2) is 61.9 Å². The van der Waals surface area contributed by atoms with Crippen molar-refractivity contribution in [2.45, 2.75) is 25.2 Å². The molecule has 0 aromatic heterocycles. The first kappa shape index (κ1) is 16.6. The molecule has 2 saturated heterocycles. The number of ether oxygens (including phenoxy) is 3. The summed E-state index contributed by atoms with van der Waals surface area (Å²) in [5.74, 6) is 0.120. The second-order valence-corrected chi connectivity index (χ2v) is 6.17. The molecule has 0 saturated carbocycles. The number of para-hydroxylation sites is 1. The van der Waals surface area contributed by atoms with E-state index >= 15 is 0 Å². The minimum Gasteiger partial charge on any atom is -0.488 e. The first-order valence-electron chi connectivity index (χ1n) is 8.23. The second-order valence-electron chi connectivity index (χ2n) is 6.17. The molecule has 2 aliphatic rings. The molecule has 1 aromatic rings. The van der Waals surface area contributed by atoms with Crippen LogP contribution >= 0.6 is 0 Å². The monoisotopic (exact) mass is 325 g/mol. The van der Waals surface area contributed by atoms with Gasteiger partial charge in [-0.05, 0) is 31.5 Å². The number of halogens is 1. The quantitative estimate of drug-likeness (QED) is 0.862. The molecule has 2 unspecified atom stereocenters. The third kappa shape index (κ3) is 4.64. The van der Waals surface area contributed by atoms with Crippen LogP contribution in [0.2, 0.25) is 0 Å². The van der Waals surface area contributed by atoms with Crippen molar-refractivity contribution in [1.29, 1.82) is 0 Å². The summed E-state index contributed by atoms with van der Waals surface area (Å²) >= 11 is 0. The van der Waals surface area contributed by atoms with Gasteiger partial charge in [0.2, 0.25) is 0 Å². The number of piperidine rings is 1. The summed E-state index contributed by atoms with van der Waals surface area (Å²) in [5.41, 5.74) is 0. The van der Waals surface area contributed by atoms with E-state index in [1.807, 2.05) is 0 Å². The maximum Gasteiger partial charge on any atom is 0.165 e. The summed E-state index contributed by atoms with van der Waals surface area (Å²) in [6.07, 6.45) is 1.39. The third-order valence-corrected chi connectivity index (χ3v) is 4.31. The average Bonchev–Trinajstić information content (AvgIpc) is 3.09. The fourth-order valence-electron chi connectivity index (χ4n) is 3.23. The number of likely N-dealkylation sites (tertiary alicyclic amines) is 1. The Hall–Kier alpha value is -1.21. The van der Waals surface area contributed by atoms with Crippen molar-refractivity contribution in [1.82, 2.24) is 4.90 Å². The lowest BCUT2D eigenvalue weighted by Gasteiger charge is -2.35. The van der Waals surface area contributed by atoms with Crippen LogP contribution in [-0.2, 0) is 9.47 Å². The maximum atomic E-state index is 13.5. The summed E-state index contributed by atoms with van der Waals surface area (Å²) in [6, 6.07) is 6.23. The zero-order chi connectivity index (χ0) is 16.1. The molecule has 128 valence electrons. The second kappa shape index (κ2) is 8.06. The van der Waals surface area contributed by atoms with Crippen molar-refractivity contribution >= 4 is 0 Å². The highest BCUT2D eigenvalue weighted by Gasteiger charge is 2.31. The van der Waals surface area contributed by atoms with Crippen molar-refractivity contribution in [3.8, 4) is 5.75 Å². The van der Waals surface area contributed by atoms with Crippen molar-refractivity contribution in [3.05, 3.63) is 30.1 Å². The van der Waals surface area contributed by atoms with Gasteiger partial charge in [-0.25, -0.2) is 4.39 Å². The molecular formula is C17H24FNO4. The number of aliphatic hydroxyl groups excluding tert-OH is 1. The average molecular weight is 325 g/mol. The Morgan fingerprint density at radius 2 is 2.09 bits per heavy atom. The Labute approximate surface area is 135 Å². The minimum atomic E-state index is -0.654. The first-order valence-corrected chi connectivity index (χ1v) is 8.23. The van der Waals surface area contributed by atoms with Gasteiger partial charge in [-0.15, -0.1) is 0 Å². The smallest absolute Gasteiger partial charge is 0.165 e. The van der Waals surface area contributed by atoms with Crippen LogP contribution in [0.1, 0.15) is 12.8 Å². The zero-order valence-electron chi connectivity index (χ0n) is 13.2. The number of aliphatic hydroxyl groups is 1. The van der Waals surface area contributed by atoms with Crippen LogP contribution in [0, 0.1) is 11.7 Å². The van der Waals surface area contributed by atoms with Gasteiger partial charge in [-0.3, -0.25) is 0 Å². The molecule has 0 radical (unpaired) electrons. The highest BCUT2D eigenvalue weighted by atomic mass is 19.1. The summed E-state index contributed by atoms with van der Waals surface area (Å²) < 4.78 is 30.0. The molecule has 5 nitrogen and oxygen atoms in total. The van der Waals surface area contributed by atoms with Crippen LogP contribution in [0.3, 0.4) is 0 Å². The lowest BCUT2D eigenvalue weighted by atomic mass is 9.97.